The summed E-state index contributed by atoms with van der Waals surface area (Å²) >= 11 is 0. The van der Waals surface area contributed by atoms with E-state index in [-0.39, 0.29) is 23.7 Å². The van der Waals surface area contributed by atoms with E-state index in [4.69, 9.17) is 5.21 Å². The predicted octanol–water partition coefficient (Wildman–Crippen LogP) is 1.73. The number of aryl methyl sites for hydroxylation is 2. The Labute approximate surface area is 117 Å². The van der Waals surface area contributed by atoms with Crippen molar-refractivity contribution in [3.8, 4) is 0 Å². The Morgan fingerprint density at radius 3 is 2.70 bits per heavy atom. The molecule has 3 rings (SSSR count). The SMILES string of the molecule is Cc1ccccc1C1C(C(=O)NO)C1c1cnn(C)c1. The van der Waals surface area contributed by atoms with Gasteiger partial charge >= 0.3 is 0 Å². The van der Waals surface area contributed by atoms with Gasteiger partial charge in [0, 0.05) is 25.1 Å². The monoisotopic (exact) mass is 271 g/mol. The minimum atomic E-state index is -0.327. The van der Waals surface area contributed by atoms with E-state index >= 15 is 0 Å². The van der Waals surface area contributed by atoms with Crippen molar-refractivity contribution in [1.29, 1.82) is 0 Å². The van der Waals surface area contributed by atoms with Crippen molar-refractivity contribution in [2.24, 2.45) is 13.0 Å². The Bertz CT molecular complexity index is 650. The van der Waals surface area contributed by atoms with E-state index in [2.05, 4.69) is 5.10 Å². The van der Waals surface area contributed by atoms with Crippen molar-refractivity contribution in [2.75, 3.05) is 0 Å². The minimum Gasteiger partial charge on any atom is -0.289 e. The fourth-order valence-electron chi connectivity index (χ4n) is 3.09. The summed E-state index contributed by atoms with van der Waals surface area (Å²) in [6.45, 7) is 2.04. The third-order valence-electron chi connectivity index (χ3n) is 4.09. The van der Waals surface area contributed by atoms with Crippen LogP contribution in [0.25, 0.3) is 0 Å². The molecule has 1 saturated carbocycles. The highest BCUT2D eigenvalue weighted by Gasteiger charge is 2.56. The van der Waals surface area contributed by atoms with Gasteiger partial charge < -0.3 is 0 Å². The molecule has 0 radical (unpaired) electrons. The van der Waals surface area contributed by atoms with Gasteiger partial charge in [0.1, 0.15) is 0 Å². The number of amides is 1. The van der Waals surface area contributed by atoms with E-state index in [1.54, 1.807) is 16.4 Å². The maximum absolute atomic E-state index is 11.9. The number of nitrogens with one attached hydrogen (secondary N) is 1. The number of carbonyl (C=O) groups excluding carboxylic acids is 1. The molecule has 5 heteroatoms. The number of rotatable bonds is 3. The maximum Gasteiger partial charge on any atom is 0.247 e. The molecule has 1 fully saturated rings. The Kier molecular flexibility index (Phi) is 3.06. The molecule has 1 aliphatic carbocycles. The number of nitrogens with zero attached hydrogens (tertiary/aromatic N) is 2. The van der Waals surface area contributed by atoms with Gasteiger partial charge in [0.05, 0.1) is 12.1 Å². The fraction of sp³-hybridized carbons (Fsp3) is 0.333. The summed E-state index contributed by atoms with van der Waals surface area (Å²) in [5, 5.41) is 13.1. The zero-order chi connectivity index (χ0) is 14.3. The van der Waals surface area contributed by atoms with E-state index in [1.165, 1.54) is 5.56 Å². The van der Waals surface area contributed by atoms with Crippen molar-refractivity contribution < 1.29 is 10.0 Å². The van der Waals surface area contributed by atoms with Crippen LogP contribution in [-0.2, 0) is 11.8 Å². The Morgan fingerprint density at radius 2 is 2.10 bits per heavy atom. The zero-order valence-corrected chi connectivity index (χ0v) is 11.4. The Hall–Kier alpha value is -2.14. The predicted molar refractivity (Wildman–Crippen MR) is 73.3 cm³/mol. The Morgan fingerprint density at radius 1 is 1.35 bits per heavy atom. The first-order valence-corrected chi connectivity index (χ1v) is 6.61. The lowest BCUT2D eigenvalue weighted by Gasteiger charge is -2.04. The average Bonchev–Trinajstić information content (AvgIpc) is 3.04. The highest BCUT2D eigenvalue weighted by molar-refractivity contribution is 5.84. The van der Waals surface area contributed by atoms with Crippen LogP contribution in [0.15, 0.2) is 36.7 Å². The molecule has 3 unspecified atom stereocenters. The first kappa shape index (κ1) is 12.9. The summed E-state index contributed by atoms with van der Waals surface area (Å²) in [5.74, 6) is -0.373. The molecule has 20 heavy (non-hydrogen) atoms. The summed E-state index contributed by atoms with van der Waals surface area (Å²) in [6.07, 6.45) is 3.72. The zero-order valence-electron chi connectivity index (χ0n) is 11.4. The van der Waals surface area contributed by atoms with Gasteiger partial charge in [-0.1, -0.05) is 24.3 Å². The summed E-state index contributed by atoms with van der Waals surface area (Å²) in [7, 11) is 1.86. The molecule has 1 amide bonds. The van der Waals surface area contributed by atoms with E-state index in [0.717, 1.165) is 11.1 Å². The lowest BCUT2D eigenvalue weighted by molar-refractivity contribution is -0.130. The third-order valence-corrected chi connectivity index (χ3v) is 4.09. The van der Waals surface area contributed by atoms with Crippen molar-refractivity contribution >= 4 is 5.91 Å². The molecule has 5 nitrogen and oxygen atoms in total. The van der Waals surface area contributed by atoms with Crippen LogP contribution in [0.2, 0.25) is 0 Å². The highest BCUT2D eigenvalue weighted by Crippen LogP contribution is 2.60. The molecular weight excluding hydrogens is 254 g/mol. The normalized spacial score (nSPS) is 24.4. The number of aromatic nitrogens is 2. The van der Waals surface area contributed by atoms with Crippen molar-refractivity contribution in [1.82, 2.24) is 15.3 Å². The molecule has 1 aliphatic rings. The molecule has 104 valence electrons. The molecule has 3 atom stereocenters. The van der Waals surface area contributed by atoms with Gasteiger partial charge in [-0.05, 0) is 23.6 Å². The molecule has 0 aliphatic heterocycles. The second-order valence-electron chi connectivity index (χ2n) is 5.36. The van der Waals surface area contributed by atoms with Gasteiger partial charge in [-0.2, -0.15) is 5.10 Å². The van der Waals surface area contributed by atoms with Crippen LogP contribution in [0.5, 0.6) is 0 Å². The van der Waals surface area contributed by atoms with Gasteiger partial charge in [0.15, 0.2) is 0 Å². The van der Waals surface area contributed by atoms with Crippen LogP contribution < -0.4 is 5.48 Å². The molecule has 0 bridgehead atoms. The summed E-state index contributed by atoms with van der Waals surface area (Å²) in [6, 6.07) is 8.06. The van der Waals surface area contributed by atoms with Crippen molar-refractivity contribution in [3.05, 3.63) is 53.3 Å². The lowest BCUT2D eigenvalue weighted by atomic mass is 10.0. The minimum absolute atomic E-state index is 0.0805. The quantitative estimate of drug-likeness (QED) is 0.660. The number of benzene rings is 1. The summed E-state index contributed by atoms with van der Waals surface area (Å²) < 4.78 is 1.73. The lowest BCUT2D eigenvalue weighted by Crippen LogP contribution is -2.21. The van der Waals surface area contributed by atoms with Gasteiger partial charge in [0.2, 0.25) is 5.91 Å². The molecular formula is C15H17N3O2. The number of hydrogen-bond acceptors (Lipinski definition) is 3. The first-order valence-electron chi connectivity index (χ1n) is 6.61. The van der Waals surface area contributed by atoms with Gasteiger partial charge in [0.25, 0.3) is 0 Å². The van der Waals surface area contributed by atoms with Crippen LogP contribution in [0.1, 0.15) is 28.5 Å². The first-order chi connectivity index (χ1) is 9.63. The molecule has 1 aromatic carbocycles. The molecule has 2 aromatic rings. The van der Waals surface area contributed by atoms with Gasteiger partial charge in [-0.3, -0.25) is 14.7 Å². The van der Waals surface area contributed by atoms with Crippen LogP contribution >= 0.6 is 0 Å². The molecule has 1 aromatic heterocycles. The van der Waals surface area contributed by atoms with Gasteiger partial charge in [-0.15, -0.1) is 0 Å². The summed E-state index contributed by atoms with van der Waals surface area (Å²) in [5.41, 5.74) is 5.15. The number of carbonyl (C=O) groups is 1. The van der Waals surface area contributed by atoms with Crippen molar-refractivity contribution in [2.45, 2.75) is 18.8 Å². The maximum atomic E-state index is 11.9. The van der Waals surface area contributed by atoms with Crippen LogP contribution in [0.4, 0.5) is 0 Å². The molecule has 2 N–H and O–H groups in total. The van der Waals surface area contributed by atoms with E-state index in [9.17, 15) is 4.79 Å². The fourth-order valence-corrected chi connectivity index (χ4v) is 3.09. The van der Waals surface area contributed by atoms with E-state index < -0.39 is 0 Å². The summed E-state index contributed by atoms with van der Waals surface area (Å²) in [4.78, 5) is 11.9. The van der Waals surface area contributed by atoms with E-state index in [1.807, 2.05) is 44.4 Å². The standard InChI is InChI=1S/C15H17N3O2/c1-9-5-3-4-6-11(9)13-12(14(13)15(19)17-20)10-7-16-18(2)8-10/h3-8,12-14,20H,1-2H3,(H,17,19). The molecule has 1 heterocycles. The largest absolute Gasteiger partial charge is 0.289 e. The number of hydrogen-bond donors (Lipinski definition) is 2. The van der Waals surface area contributed by atoms with E-state index in [0.29, 0.717) is 0 Å². The Balaban J connectivity index is 1.97. The topological polar surface area (TPSA) is 67.2 Å². The smallest absolute Gasteiger partial charge is 0.247 e. The van der Waals surface area contributed by atoms with Gasteiger partial charge in [-0.25, -0.2) is 5.48 Å². The molecule has 0 spiro atoms. The third kappa shape index (κ3) is 2.00. The number of hydroxylamine groups is 1. The van der Waals surface area contributed by atoms with Crippen LogP contribution in [0, 0.1) is 12.8 Å². The second-order valence-corrected chi connectivity index (χ2v) is 5.36. The van der Waals surface area contributed by atoms with Crippen LogP contribution in [-0.4, -0.2) is 20.9 Å². The molecule has 0 saturated heterocycles. The van der Waals surface area contributed by atoms with Crippen molar-refractivity contribution in [3.63, 3.8) is 0 Å². The van der Waals surface area contributed by atoms with Crippen LogP contribution in [0.3, 0.4) is 0 Å². The second kappa shape index (κ2) is 4.76. The average molecular weight is 271 g/mol. The highest BCUT2D eigenvalue weighted by atomic mass is 16.5.